The van der Waals surface area contributed by atoms with Crippen LogP contribution in [0, 0.1) is 5.82 Å². The van der Waals surface area contributed by atoms with Crippen LogP contribution in [0.15, 0.2) is 71.7 Å². The maximum atomic E-state index is 14.3. The minimum absolute atomic E-state index is 0.351. The van der Waals surface area contributed by atoms with Crippen molar-refractivity contribution in [2.45, 2.75) is 6.54 Å². The van der Waals surface area contributed by atoms with Gasteiger partial charge in [-0.25, -0.2) is 9.37 Å². The smallest absolute Gasteiger partial charge is 0.214 e. The Hall–Kier alpha value is -4.01. The summed E-state index contributed by atoms with van der Waals surface area (Å²) in [4.78, 5) is 8.53. The van der Waals surface area contributed by atoms with Crippen molar-refractivity contribution in [3.05, 3.63) is 78.6 Å². The number of halogens is 1. The third-order valence-corrected chi connectivity index (χ3v) is 4.70. The molecule has 0 amide bonds. The molecule has 5 aromatic rings. The van der Waals surface area contributed by atoms with E-state index >= 15 is 0 Å². The number of nitrogens with zero attached hydrogens (tertiary/aromatic N) is 5. The molecular formula is C21H14BFN6O. The van der Waals surface area contributed by atoms with Gasteiger partial charge in [-0.2, -0.15) is 14.6 Å². The van der Waals surface area contributed by atoms with E-state index < -0.39 is 0 Å². The zero-order valence-electron chi connectivity index (χ0n) is 15.7. The van der Waals surface area contributed by atoms with Gasteiger partial charge < -0.3 is 9.84 Å². The van der Waals surface area contributed by atoms with Crippen LogP contribution in [0.2, 0.25) is 0 Å². The summed E-state index contributed by atoms with van der Waals surface area (Å²) >= 11 is 0. The minimum Gasteiger partial charge on any atom is -0.366 e. The van der Waals surface area contributed by atoms with Crippen molar-refractivity contribution in [3.63, 3.8) is 0 Å². The Labute approximate surface area is 172 Å². The maximum Gasteiger partial charge on any atom is 0.214 e. The number of aromatic nitrogens is 5. The van der Waals surface area contributed by atoms with Gasteiger partial charge >= 0.3 is 0 Å². The van der Waals surface area contributed by atoms with Crippen LogP contribution >= 0.6 is 0 Å². The molecule has 1 N–H and O–H groups in total. The summed E-state index contributed by atoms with van der Waals surface area (Å²) in [6.07, 6.45) is 2.82. The molecule has 3 aromatic heterocycles. The zero-order valence-corrected chi connectivity index (χ0v) is 15.7. The molecule has 2 radical (unpaired) electrons. The highest BCUT2D eigenvalue weighted by atomic mass is 19.1. The van der Waals surface area contributed by atoms with Crippen molar-refractivity contribution in [2.24, 2.45) is 0 Å². The second-order valence-corrected chi connectivity index (χ2v) is 6.65. The molecule has 0 bridgehead atoms. The van der Waals surface area contributed by atoms with Gasteiger partial charge in [0.05, 0.1) is 5.69 Å². The number of hydrogen-bond acceptors (Lipinski definition) is 6. The monoisotopic (exact) mass is 396 g/mol. The van der Waals surface area contributed by atoms with Crippen LogP contribution < -0.4 is 10.8 Å². The lowest BCUT2D eigenvalue weighted by atomic mass is 10.0. The van der Waals surface area contributed by atoms with Gasteiger partial charge in [-0.05, 0) is 23.2 Å². The largest absolute Gasteiger partial charge is 0.366 e. The molecule has 7 nitrogen and oxygen atoms in total. The number of anilines is 1. The molecule has 5 rings (SSSR count). The first-order valence-electron chi connectivity index (χ1n) is 9.18. The highest BCUT2D eigenvalue weighted by Gasteiger charge is 2.13. The summed E-state index contributed by atoms with van der Waals surface area (Å²) in [5.74, 6) is 0.833. The van der Waals surface area contributed by atoms with E-state index in [1.807, 2.05) is 24.3 Å². The Balaban J connectivity index is 1.46. The molecule has 0 spiro atoms. The fourth-order valence-electron chi connectivity index (χ4n) is 3.17. The quantitative estimate of drug-likeness (QED) is 0.460. The average Bonchev–Trinajstić information content (AvgIpc) is 3.43. The van der Waals surface area contributed by atoms with Crippen molar-refractivity contribution in [3.8, 4) is 22.6 Å². The lowest BCUT2D eigenvalue weighted by molar-refractivity contribution is 0.419. The second kappa shape index (κ2) is 7.44. The van der Waals surface area contributed by atoms with Gasteiger partial charge in [0.1, 0.15) is 19.5 Å². The summed E-state index contributed by atoms with van der Waals surface area (Å²) in [7, 11) is 6.01. The summed E-state index contributed by atoms with van der Waals surface area (Å²) < 4.78 is 20.7. The molecule has 0 aliphatic carbocycles. The van der Waals surface area contributed by atoms with Crippen LogP contribution in [0.1, 0.15) is 5.56 Å². The fourth-order valence-corrected chi connectivity index (χ4v) is 3.17. The molecule has 0 saturated heterocycles. The first-order valence-corrected chi connectivity index (χ1v) is 9.18. The average molecular weight is 396 g/mol. The van der Waals surface area contributed by atoms with Crippen LogP contribution in [0.25, 0.3) is 28.3 Å². The molecular weight excluding hydrogens is 382 g/mol. The van der Waals surface area contributed by atoms with E-state index in [0.717, 1.165) is 11.1 Å². The summed E-state index contributed by atoms with van der Waals surface area (Å²) in [5.41, 5.74) is 3.64. The van der Waals surface area contributed by atoms with Gasteiger partial charge in [-0.3, -0.25) is 0 Å². The predicted octanol–water partition coefficient (Wildman–Crippen LogP) is 2.99. The number of nitrogens with one attached hydrogen (secondary N) is 1. The van der Waals surface area contributed by atoms with E-state index in [4.69, 9.17) is 12.4 Å². The highest BCUT2D eigenvalue weighted by molar-refractivity contribution is 6.36. The van der Waals surface area contributed by atoms with Crippen LogP contribution in [-0.4, -0.2) is 32.6 Å². The number of rotatable bonds is 5. The molecule has 2 aromatic carbocycles. The Morgan fingerprint density at radius 3 is 2.70 bits per heavy atom. The lowest BCUT2D eigenvalue weighted by Gasteiger charge is -2.12. The molecule has 0 saturated carbocycles. The van der Waals surface area contributed by atoms with Gasteiger partial charge in [0.25, 0.3) is 0 Å². The first-order chi connectivity index (χ1) is 14.7. The van der Waals surface area contributed by atoms with Crippen molar-refractivity contribution in [1.82, 2.24) is 24.7 Å². The molecule has 3 heterocycles. The van der Waals surface area contributed by atoms with Gasteiger partial charge in [0.2, 0.25) is 12.2 Å². The van der Waals surface area contributed by atoms with Gasteiger partial charge in [-0.15, -0.1) is 0 Å². The zero-order chi connectivity index (χ0) is 20.5. The molecule has 0 fully saturated rings. The van der Waals surface area contributed by atoms with Gasteiger partial charge in [0, 0.05) is 29.9 Å². The van der Waals surface area contributed by atoms with Crippen molar-refractivity contribution in [1.29, 1.82) is 0 Å². The summed E-state index contributed by atoms with van der Waals surface area (Å²) in [5, 5.41) is 11.4. The van der Waals surface area contributed by atoms with E-state index in [-0.39, 0.29) is 5.82 Å². The Morgan fingerprint density at radius 1 is 1.10 bits per heavy atom. The highest BCUT2D eigenvalue weighted by Crippen LogP contribution is 2.24. The Kier molecular flexibility index (Phi) is 4.47. The van der Waals surface area contributed by atoms with Crippen LogP contribution in [-0.2, 0) is 6.54 Å². The van der Waals surface area contributed by atoms with E-state index in [1.165, 1.54) is 18.7 Å². The molecule has 9 heteroatoms. The number of hydrogen-bond donors (Lipinski definition) is 1. The normalized spacial score (nSPS) is 11.1. The number of fused-ring (bicyclic) bond motifs is 1. The van der Waals surface area contributed by atoms with Gasteiger partial charge in [0.15, 0.2) is 5.65 Å². The molecule has 30 heavy (non-hydrogen) atoms. The SMILES string of the molecule is [B]c1cnn2c(NCc3ccc(-c4ncon4)cc3)cc(-c3ccccc3F)nc12. The minimum atomic E-state index is -0.351. The predicted molar refractivity (Wildman–Crippen MR) is 111 cm³/mol. The van der Waals surface area contributed by atoms with Crippen LogP contribution in [0.4, 0.5) is 10.2 Å². The first kappa shape index (κ1) is 18.1. The second-order valence-electron chi connectivity index (χ2n) is 6.65. The summed E-state index contributed by atoms with van der Waals surface area (Å²) in [6, 6.07) is 16.0. The standard InChI is InChI=1S/C21H14BFN6O/c22-16-11-26-29-19(9-18(27-21(16)29)15-3-1-2-4-17(15)23)24-10-13-5-7-14(8-6-13)20-25-12-30-28-20/h1-9,11-12,24H,10H2. The molecule has 0 aliphatic heterocycles. The Bertz CT molecular complexity index is 1320. The summed E-state index contributed by atoms with van der Waals surface area (Å²) in [6.45, 7) is 0.516. The number of benzene rings is 2. The van der Waals surface area contributed by atoms with Crippen molar-refractivity contribution in [2.75, 3.05) is 5.32 Å². The van der Waals surface area contributed by atoms with E-state index in [0.29, 0.717) is 40.6 Å². The molecule has 0 unspecified atom stereocenters. The topological polar surface area (TPSA) is 81.1 Å². The maximum absolute atomic E-state index is 14.3. The van der Waals surface area contributed by atoms with Crippen molar-refractivity contribution < 1.29 is 8.91 Å². The van der Waals surface area contributed by atoms with Crippen molar-refractivity contribution >= 4 is 24.8 Å². The van der Waals surface area contributed by atoms with Crippen LogP contribution in [0.3, 0.4) is 0 Å². The van der Waals surface area contributed by atoms with Crippen LogP contribution in [0.5, 0.6) is 0 Å². The third kappa shape index (κ3) is 3.30. The van der Waals surface area contributed by atoms with Gasteiger partial charge in [-0.1, -0.05) is 41.6 Å². The fraction of sp³-hybridized carbons (Fsp3) is 0.0476. The van der Waals surface area contributed by atoms with E-state index in [2.05, 4.69) is 25.5 Å². The lowest BCUT2D eigenvalue weighted by Crippen LogP contribution is -2.09. The van der Waals surface area contributed by atoms with E-state index in [1.54, 1.807) is 28.8 Å². The van der Waals surface area contributed by atoms with E-state index in [9.17, 15) is 4.39 Å². The third-order valence-electron chi connectivity index (χ3n) is 4.70. The molecule has 0 atom stereocenters. The molecule has 144 valence electrons. The Morgan fingerprint density at radius 2 is 1.93 bits per heavy atom. The molecule has 0 aliphatic rings.